The van der Waals surface area contributed by atoms with Gasteiger partial charge in [-0.25, -0.2) is 4.98 Å². The highest BCUT2D eigenvalue weighted by Gasteiger charge is 2.20. The average Bonchev–Trinajstić information content (AvgIpc) is 3.48. The summed E-state index contributed by atoms with van der Waals surface area (Å²) in [6.45, 7) is 0. The lowest BCUT2D eigenvalue weighted by Crippen LogP contribution is -2.12. The standard InChI is InChI=1S/C23H20N2O4S2/c1-27-16-12-15(13-17(28-2)20(16)29-3)22(26)25-23-24-19(18-10-7-11-30-18)21(31-23)14-8-5-4-6-9-14/h4-13H,1-3H3,(H,24,25,26). The number of thiazole rings is 1. The molecule has 0 fully saturated rings. The topological polar surface area (TPSA) is 69.7 Å². The predicted octanol–water partition coefficient (Wildman–Crippen LogP) is 5.82. The molecule has 1 amide bonds. The Morgan fingerprint density at radius 3 is 2.23 bits per heavy atom. The minimum atomic E-state index is -0.314. The van der Waals surface area contributed by atoms with E-state index in [0.717, 1.165) is 21.0 Å². The summed E-state index contributed by atoms with van der Waals surface area (Å²) in [7, 11) is 4.55. The fourth-order valence-electron chi connectivity index (χ4n) is 3.12. The Morgan fingerprint density at radius 1 is 0.935 bits per heavy atom. The number of hydrogen-bond acceptors (Lipinski definition) is 7. The second-order valence-corrected chi connectivity index (χ2v) is 8.35. The van der Waals surface area contributed by atoms with E-state index in [4.69, 9.17) is 19.2 Å². The van der Waals surface area contributed by atoms with E-state index < -0.39 is 0 Å². The summed E-state index contributed by atoms with van der Waals surface area (Å²) in [4.78, 5) is 19.8. The maximum absolute atomic E-state index is 13.0. The first kappa shape index (κ1) is 20.9. The van der Waals surface area contributed by atoms with Crippen molar-refractivity contribution in [2.75, 3.05) is 26.6 Å². The first-order chi connectivity index (χ1) is 15.1. The van der Waals surface area contributed by atoms with Crippen molar-refractivity contribution in [2.24, 2.45) is 0 Å². The predicted molar refractivity (Wildman–Crippen MR) is 125 cm³/mol. The van der Waals surface area contributed by atoms with Gasteiger partial charge in [-0.05, 0) is 29.1 Å². The molecule has 0 atom stereocenters. The molecule has 0 saturated carbocycles. The highest BCUT2D eigenvalue weighted by atomic mass is 32.1. The molecule has 4 rings (SSSR count). The van der Waals surface area contributed by atoms with Crippen molar-refractivity contribution in [2.45, 2.75) is 0 Å². The summed E-state index contributed by atoms with van der Waals surface area (Å²) in [5.41, 5.74) is 2.28. The van der Waals surface area contributed by atoms with Gasteiger partial charge in [-0.15, -0.1) is 11.3 Å². The van der Waals surface area contributed by atoms with Crippen LogP contribution in [-0.2, 0) is 0 Å². The van der Waals surface area contributed by atoms with E-state index in [0.29, 0.717) is 27.9 Å². The van der Waals surface area contributed by atoms with E-state index in [-0.39, 0.29) is 5.91 Å². The molecule has 2 aromatic heterocycles. The van der Waals surface area contributed by atoms with Crippen LogP contribution in [0.2, 0.25) is 0 Å². The highest BCUT2D eigenvalue weighted by Crippen LogP contribution is 2.41. The quantitative estimate of drug-likeness (QED) is 0.383. The van der Waals surface area contributed by atoms with Gasteiger partial charge in [0.2, 0.25) is 5.75 Å². The largest absolute Gasteiger partial charge is 0.493 e. The molecule has 158 valence electrons. The second kappa shape index (κ2) is 9.20. The third-order valence-corrected chi connectivity index (χ3v) is 6.46. The summed E-state index contributed by atoms with van der Waals surface area (Å²) in [5, 5.41) is 5.44. The van der Waals surface area contributed by atoms with Crippen LogP contribution in [0.15, 0.2) is 60.0 Å². The zero-order valence-electron chi connectivity index (χ0n) is 17.2. The molecule has 6 nitrogen and oxygen atoms in total. The van der Waals surface area contributed by atoms with Crippen molar-refractivity contribution in [3.63, 3.8) is 0 Å². The fourth-order valence-corrected chi connectivity index (χ4v) is 4.89. The molecule has 0 unspecified atom stereocenters. The van der Waals surface area contributed by atoms with Gasteiger partial charge in [0.15, 0.2) is 16.6 Å². The van der Waals surface area contributed by atoms with Crippen LogP contribution < -0.4 is 19.5 Å². The number of carbonyl (C=O) groups is 1. The Kier molecular flexibility index (Phi) is 6.20. The average molecular weight is 453 g/mol. The molecular formula is C23H20N2O4S2. The molecule has 0 aliphatic carbocycles. The van der Waals surface area contributed by atoms with Gasteiger partial charge in [-0.1, -0.05) is 47.7 Å². The number of nitrogens with zero attached hydrogens (tertiary/aromatic N) is 1. The molecule has 0 saturated heterocycles. The minimum absolute atomic E-state index is 0.314. The number of hydrogen-bond donors (Lipinski definition) is 1. The van der Waals surface area contributed by atoms with Crippen LogP contribution in [0.5, 0.6) is 17.2 Å². The molecular weight excluding hydrogens is 432 g/mol. The van der Waals surface area contributed by atoms with Crippen LogP contribution in [0.25, 0.3) is 21.0 Å². The van der Waals surface area contributed by atoms with E-state index in [1.807, 2.05) is 47.8 Å². The molecule has 0 bridgehead atoms. The first-order valence-corrected chi connectivity index (χ1v) is 11.1. The van der Waals surface area contributed by atoms with Crippen LogP contribution in [0.1, 0.15) is 10.4 Å². The molecule has 8 heteroatoms. The molecule has 0 aliphatic rings. The number of carbonyl (C=O) groups excluding carboxylic acids is 1. The molecule has 1 N–H and O–H groups in total. The van der Waals surface area contributed by atoms with Crippen LogP contribution in [0, 0.1) is 0 Å². The number of anilines is 1. The zero-order chi connectivity index (χ0) is 21.8. The number of thiophene rings is 1. The SMILES string of the molecule is COc1cc(C(=O)Nc2nc(-c3cccs3)c(-c3ccccc3)s2)cc(OC)c1OC. The molecule has 4 aromatic rings. The van der Waals surface area contributed by atoms with Crippen LogP contribution in [-0.4, -0.2) is 32.2 Å². The van der Waals surface area contributed by atoms with E-state index in [9.17, 15) is 4.79 Å². The second-order valence-electron chi connectivity index (χ2n) is 6.41. The van der Waals surface area contributed by atoms with Crippen molar-refractivity contribution in [3.8, 4) is 38.3 Å². The first-order valence-electron chi connectivity index (χ1n) is 9.36. The van der Waals surface area contributed by atoms with Gasteiger partial charge in [0.25, 0.3) is 5.91 Å². The summed E-state index contributed by atoms with van der Waals surface area (Å²) in [5.74, 6) is 0.943. The van der Waals surface area contributed by atoms with Gasteiger partial charge < -0.3 is 14.2 Å². The highest BCUT2D eigenvalue weighted by molar-refractivity contribution is 7.20. The van der Waals surface area contributed by atoms with Crippen molar-refractivity contribution in [1.82, 2.24) is 4.98 Å². The van der Waals surface area contributed by atoms with E-state index in [1.165, 1.54) is 32.7 Å². The summed E-state index contributed by atoms with van der Waals surface area (Å²) >= 11 is 3.05. The Labute approximate surface area is 188 Å². The number of ether oxygens (including phenoxy) is 3. The normalized spacial score (nSPS) is 10.5. The van der Waals surface area contributed by atoms with E-state index >= 15 is 0 Å². The Hall–Kier alpha value is -3.36. The summed E-state index contributed by atoms with van der Waals surface area (Å²) in [6.07, 6.45) is 0. The number of amides is 1. The Bertz CT molecular complexity index is 1160. The van der Waals surface area contributed by atoms with Crippen molar-refractivity contribution in [1.29, 1.82) is 0 Å². The van der Waals surface area contributed by atoms with Crippen molar-refractivity contribution in [3.05, 3.63) is 65.5 Å². The van der Waals surface area contributed by atoms with Crippen LogP contribution in [0.4, 0.5) is 5.13 Å². The molecule has 0 spiro atoms. The number of methoxy groups -OCH3 is 3. The third kappa shape index (κ3) is 4.26. The third-order valence-electron chi connectivity index (χ3n) is 4.57. The van der Waals surface area contributed by atoms with Crippen molar-refractivity contribution < 1.29 is 19.0 Å². The summed E-state index contributed by atoms with van der Waals surface area (Å²) in [6, 6.07) is 17.3. The minimum Gasteiger partial charge on any atom is -0.493 e. The Balaban J connectivity index is 1.69. The van der Waals surface area contributed by atoms with Crippen LogP contribution in [0.3, 0.4) is 0 Å². The van der Waals surface area contributed by atoms with Crippen molar-refractivity contribution >= 4 is 33.7 Å². The van der Waals surface area contributed by atoms with Gasteiger partial charge in [0.1, 0.15) is 5.69 Å². The van der Waals surface area contributed by atoms with Crippen LogP contribution >= 0.6 is 22.7 Å². The number of aromatic nitrogens is 1. The molecule has 2 aromatic carbocycles. The fraction of sp³-hybridized carbons (Fsp3) is 0.130. The number of nitrogens with one attached hydrogen (secondary N) is 1. The Morgan fingerprint density at radius 2 is 1.65 bits per heavy atom. The molecule has 0 radical (unpaired) electrons. The molecule has 31 heavy (non-hydrogen) atoms. The smallest absolute Gasteiger partial charge is 0.257 e. The molecule has 2 heterocycles. The number of rotatable bonds is 7. The monoisotopic (exact) mass is 452 g/mol. The lowest BCUT2D eigenvalue weighted by atomic mass is 10.1. The maximum Gasteiger partial charge on any atom is 0.257 e. The van der Waals surface area contributed by atoms with Gasteiger partial charge >= 0.3 is 0 Å². The van der Waals surface area contributed by atoms with Gasteiger partial charge in [0, 0.05) is 5.56 Å². The van der Waals surface area contributed by atoms with E-state index in [1.54, 1.807) is 23.5 Å². The van der Waals surface area contributed by atoms with Gasteiger partial charge in [-0.2, -0.15) is 0 Å². The van der Waals surface area contributed by atoms with Gasteiger partial charge in [-0.3, -0.25) is 10.1 Å². The molecule has 0 aliphatic heterocycles. The number of benzene rings is 2. The van der Waals surface area contributed by atoms with E-state index in [2.05, 4.69) is 5.32 Å². The van der Waals surface area contributed by atoms with Gasteiger partial charge in [0.05, 0.1) is 31.1 Å². The summed E-state index contributed by atoms with van der Waals surface area (Å²) < 4.78 is 16.0. The maximum atomic E-state index is 13.0. The lowest BCUT2D eigenvalue weighted by molar-refractivity contribution is 0.102. The lowest BCUT2D eigenvalue weighted by Gasteiger charge is -2.13. The zero-order valence-corrected chi connectivity index (χ0v) is 18.8.